The number of anilines is 1. The lowest BCUT2D eigenvalue weighted by Crippen LogP contribution is -2.30. The highest BCUT2D eigenvalue weighted by atomic mass is 19.1. The van der Waals surface area contributed by atoms with Gasteiger partial charge in [-0.2, -0.15) is 0 Å². The van der Waals surface area contributed by atoms with E-state index in [0.717, 1.165) is 11.1 Å². The summed E-state index contributed by atoms with van der Waals surface area (Å²) in [4.78, 5) is 38.8. The van der Waals surface area contributed by atoms with E-state index in [-0.39, 0.29) is 23.5 Å². The molecule has 0 atom stereocenters. The fourth-order valence-corrected chi connectivity index (χ4v) is 4.73. The van der Waals surface area contributed by atoms with Crippen molar-refractivity contribution < 1.29 is 14.0 Å². The smallest absolute Gasteiger partial charge is 0.273 e. The average Bonchev–Trinajstić information content (AvgIpc) is 3.32. The molecule has 2 N–H and O–H groups in total. The maximum atomic E-state index is 14.3. The van der Waals surface area contributed by atoms with Crippen molar-refractivity contribution in [2.75, 3.05) is 18.8 Å². The molecule has 4 aromatic rings. The average molecular weight is 484 g/mol. The van der Waals surface area contributed by atoms with Crippen LogP contribution in [-0.2, 0) is 13.1 Å². The third-order valence-corrected chi connectivity index (χ3v) is 6.62. The summed E-state index contributed by atoms with van der Waals surface area (Å²) in [7, 11) is 0. The first-order valence-electron chi connectivity index (χ1n) is 11.9. The molecule has 3 aromatic carbocycles. The second kappa shape index (κ2) is 9.37. The minimum absolute atomic E-state index is 0.00142. The standard InChI is InChI=1S/C28H26FN5O2/c1-3-33(4-2)26(35)21-11-10-20(29)14-22(21)17-9-12-24-23(13-17)25(32-28(30)31-24)27(36)34-15-18-7-5-6-8-19(18)16-34/h5-14H,3-4,15-16H2,1-2H3,(H2,30,31,32). The lowest BCUT2D eigenvalue weighted by Gasteiger charge is -2.21. The van der Waals surface area contributed by atoms with Gasteiger partial charge in [-0.3, -0.25) is 9.59 Å². The number of nitrogens with two attached hydrogens (primary N) is 1. The number of halogens is 1. The van der Waals surface area contributed by atoms with Gasteiger partial charge >= 0.3 is 0 Å². The highest BCUT2D eigenvalue weighted by Gasteiger charge is 2.27. The lowest BCUT2D eigenvalue weighted by atomic mass is 9.96. The van der Waals surface area contributed by atoms with Crippen molar-refractivity contribution in [1.82, 2.24) is 19.8 Å². The van der Waals surface area contributed by atoms with Gasteiger partial charge < -0.3 is 15.5 Å². The molecule has 5 rings (SSSR count). The number of benzene rings is 3. The molecule has 0 saturated carbocycles. The van der Waals surface area contributed by atoms with Crippen LogP contribution in [0.3, 0.4) is 0 Å². The Balaban J connectivity index is 1.60. The first-order chi connectivity index (χ1) is 17.4. The number of hydrogen-bond donors (Lipinski definition) is 1. The van der Waals surface area contributed by atoms with Gasteiger partial charge in [-0.05, 0) is 66.4 Å². The van der Waals surface area contributed by atoms with E-state index in [0.29, 0.717) is 53.8 Å². The van der Waals surface area contributed by atoms with Crippen molar-refractivity contribution in [3.05, 3.63) is 88.9 Å². The Morgan fingerprint density at radius 1 is 0.972 bits per heavy atom. The predicted molar refractivity (Wildman–Crippen MR) is 137 cm³/mol. The molecular weight excluding hydrogens is 457 g/mol. The monoisotopic (exact) mass is 483 g/mol. The van der Waals surface area contributed by atoms with Crippen molar-refractivity contribution >= 4 is 28.7 Å². The Hall–Kier alpha value is -4.33. The van der Waals surface area contributed by atoms with Gasteiger partial charge in [0, 0.05) is 37.1 Å². The SMILES string of the molecule is CCN(CC)C(=O)c1ccc(F)cc1-c1ccc2nc(N)nc(C(=O)N3Cc4ccccc4C3)c2c1. The Morgan fingerprint density at radius 3 is 2.33 bits per heavy atom. The number of fused-ring (bicyclic) bond motifs is 2. The van der Waals surface area contributed by atoms with Crippen LogP contribution >= 0.6 is 0 Å². The number of aromatic nitrogens is 2. The third kappa shape index (κ3) is 4.15. The van der Waals surface area contributed by atoms with Crippen LogP contribution < -0.4 is 5.73 Å². The van der Waals surface area contributed by atoms with Crippen molar-refractivity contribution in [2.24, 2.45) is 0 Å². The molecule has 0 bridgehead atoms. The Morgan fingerprint density at radius 2 is 1.67 bits per heavy atom. The number of carbonyl (C=O) groups is 2. The van der Waals surface area contributed by atoms with Gasteiger partial charge in [-0.1, -0.05) is 30.3 Å². The van der Waals surface area contributed by atoms with Gasteiger partial charge in [0.05, 0.1) is 5.52 Å². The van der Waals surface area contributed by atoms with Gasteiger partial charge in [-0.25, -0.2) is 14.4 Å². The molecule has 7 nitrogen and oxygen atoms in total. The quantitative estimate of drug-likeness (QED) is 0.446. The summed E-state index contributed by atoms with van der Waals surface area (Å²) >= 11 is 0. The van der Waals surface area contributed by atoms with E-state index in [4.69, 9.17) is 5.73 Å². The molecule has 182 valence electrons. The van der Waals surface area contributed by atoms with Crippen LogP contribution in [0.25, 0.3) is 22.0 Å². The van der Waals surface area contributed by atoms with E-state index in [1.54, 1.807) is 28.0 Å². The highest BCUT2D eigenvalue weighted by molar-refractivity contribution is 6.07. The third-order valence-electron chi connectivity index (χ3n) is 6.62. The summed E-state index contributed by atoms with van der Waals surface area (Å²) in [6.07, 6.45) is 0. The number of nitrogens with zero attached hydrogens (tertiary/aromatic N) is 4. The van der Waals surface area contributed by atoms with Crippen molar-refractivity contribution in [3.63, 3.8) is 0 Å². The Kier molecular flexibility index (Phi) is 6.10. The van der Waals surface area contributed by atoms with Gasteiger partial charge in [0.25, 0.3) is 11.8 Å². The lowest BCUT2D eigenvalue weighted by molar-refractivity contribution is 0.0745. The zero-order valence-electron chi connectivity index (χ0n) is 20.2. The number of hydrogen-bond acceptors (Lipinski definition) is 5. The van der Waals surface area contributed by atoms with Crippen LogP contribution in [0.4, 0.5) is 10.3 Å². The second-order valence-corrected chi connectivity index (χ2v) is 8.76. The number of rotatable bonds is 5. The second-order valence-electron chi connectivity index (χ2n) is 8.76. The number of amides is 2. The minimum atomic E-state index is -0.458. The molecule has 0 radical (unpaired) electrons. The summed E-state index contributed by atoms with van der Waals surface area (Å²) in [5.41, 5.74) is 10.2. The topological polar surface area (TPSA) is 92.4 Å². The summed E-state index contributed by atoms with van der Waals surface area (Å²) in [5.74, 6) is -0.907. The fraction of sp³-hybridized carbons (Fsp3) is 0.214. The van der Waals surface area contributed by atoms with Crippen LogP contribution in [0.2, 0.25) is 0 Å². The van der Waals surface area contributed by atoms with Crippen LogP contribution in [0.1, 0.15) is 45.8 Å². The molecule has 1 aliphatic rings. The first-order valence-corrected chi connectivity index (χ1v) is 11.9. The minimum Gasteiger partial charge on any atom is -0.368 e. The fourth-order valence-electron chi connectivity index (χ4n) is 4.73. The molecule has 0 fully saturated rings. The molecule has 36 heavy (non-hydrogen) atoms. The molecule has 0 aliphatic carbocycles. The van der Waals surface area contributed by atoms with Gasteiger partial charge in [0.2, 0.25) is 5.95 Å². The van der Waals surface area contributed by atoms with E-state index in [9.17, 15) is 14.0 Å². The molecular formula is C28H26FN5O2. The molecule has 0 spiro atoms. The normalized spacial score (nSPS) is 12.6. The maximum Gasteiger partial charge on any atom is 0.273 e. The van der Waals surface area contributed by atoms with Crippen LogP contribution in [0, 0.1) is 5.82 Å². The summed E-state index contributed by atoms with van der Waals surface area (Å²) in [5, 5.41) is 0.494. The Bertz CT molecular complexity index is 1470. The number of nitrogen functional groups attached to an aromatic ring is 1. The Labute approximate surface area is 208 Å². The predicted octanol–water partition coefficient (Wildman–Crippen LogP) is 4.66. The van der Waals surface area contributed by atoms with Gasteiger partial charge in [0.1, 0.15) is 11.5 Å². The summed E-state index contributed by atoms with van der Waals surface area (Å²) in [6.45, 7) is 5.83. The van der Waals surface area contributed by atoms with E-state index in [1.807, 2.05) is 38.1 Å². The highest BCUT2D eigenvalue weighted by Crippen LogP contribution is 2.31. The first kappa shape index (κ1) is 23.4. The summed E-state index contributed by atoms with van der Waals surface area (Å²) < 4.78 is 14.3. The summed E-state index contributed by atoms with van der Waals surface area (Å²) in [6, 6.07) is 17.2. The van der Waals surface area contributed by atoms with E-state index < -0.39 is 5.82 Å². The molecule has 1 aromatic heterocycles. The van der Waals surface area contributed by atoms with Crippen molar-refractivity contribution in [1.29, 1.82) is 0 Å². The maximum absolute atomic E-state index is 14.3. The number of carbonyl (C=O) groups excluding carboxylic acids is 2. The van der Waals surface area contributed by atoms with E-state index >= 15 is 0 Å². The molecule has 1 aliphatic heterocycles. The van der Waals surface area contributed by atoms with Gasteiger partial charge in [0.15, 0.2) is 0 Å². The van der Waals surface area contributed by atoms with E-state index in [2.05, 4.69) is 9.97 Å². The largest absolute Gasteiger partial charge is 0.368 e. The molecule has 0 saturated heterocycles. The molecule has 2 amide bonds. The zero-order chi connectivity index (χ0) is 25.4. The van der Waals surface area contributed by atoms with Crippen LogP contribution in [-0.4, -0.2) is 44.7 Å². The van der Waals surface area contributed by atoms with Crippen molar-refractivity contribution in [3.8, 4) is 11.1 Å². The van der Waals surface area contributed by atoms with E-state index in [1.165, 1.54) is 18.2 Å². The van der Waals surface area contributed by atoms with Crippen molar-refractivity contribution in [2.45, 2.75) is 26.9 Å². The molecule has 2 heterocycles. The van der Waals surface area contributed by atoms with Crippen LogP contribution in [0.5, 0.6) is 0 Å². The molecule has 8 heteroatoms. The van der Waals surface area contributed by atoms with Crippen LogP contribution in [0.15, 0.2) is 60.7 Å². The molecule has 0 unspecified atom stereocenters. The zero-order valence-corrected chi connectivity index (χ0v) is 20.2. The van der Waals surface area contributed by atoms with Gasteiger partial charge in [-0.15, -0.1) is 0 Å².